The normalized spacial score (nSPS) is 26.8. The number of rotatable bonds is 7. The van der Waals surface area contributed by atoms with E-state index in [4.69, 9.17) is 16.2 Å². The zero-order chi connectivity index (χ0) is 9.68. The lowest BCUT2D eigenvalue weighted by Gasteiger charge is -2.13. The first kappa shape index (κ1) is 11.0. The van der Waals surface area contributed by atoms with Crippen LogP contribution in [0.15, 0.2) is 0 Å². The standard InChI is InChI=1S/C10H22N2O/c1-8-10(13-8)9(4-2-6-11)5-3-7-12/h8-10H,2-7,11-12H2,1H3. The fraction of sp³-hybridized carbons (Fsp3) is 1.00. The van der Waals surface area contributed by atoms with E-state index in [1.807, 2.05) is 0 Å². The molecule has 0 spiro atoms. The molecular weight excluding hydrogens is 164 g/mol. The molecule has 1 rings (SSSR count). The highest BCUT2D eigenvalue weighted by molar-refractivity contribution is 4.87. The lowest BCUT2D eigenvalue weighted by atomic mass is 9.93. The quantitative estimate of drug-likeness (QED) is 0.580. The minimum Gasteiger partial charge on any atom is -0.370 e. The molecule has 3 nitrogen and oxygen atoms in total. The van der Waals surface area contributed by atoms with E-state index >= 15 is 0 Å². The lowest BCUT2D eigenvalue weighted by molar-refractivity contribution is 0.290. The van der Waals surface area contributed by atoms with Crippen LogP contribution in [0, 0.1) is 5.92 Å². The molecule has 0 aromatic heterocycles. The molecule has 0 aromatic carbocycles. The summed E-state index contributed by atoms with van der Waals surface area (Å²) in [7, 11) is 0. The van der Waals surface area contributed by atoms with E-state index < -0.39 is 0 Å². The van der Waals surface area contributed by atoms with Gasteiger partial charge in [0.05, 0.1) is 12.2 Å². The minimum absolute atomic E-state index is 0.473. The monoisotopic (exact) mass is 186 g/mol. The molecule has 3 heteroatoms. The number of ether oxygens (including phenoxy) is 1. The van der Waals surface area contributed by atoms with Crippen LogP contribution in [0.1, 0.15) is 32.6 Å². The summed E-state index contributed by atoms with van der Waals surface area (Å²) in [5.41, 5.74) is 11.0. The van der Waals surface area contributed by atoms with Gasteiger partial charge in [0, 0.05) is 0 Å². The topological polar surface area (TPSA) is 64.6 Å². The van der Waals surface area contributed by atoms with Crippen LogP contribution in [0.3, 0.4) is 0 Å². The molecule has 13 heavy (non-hydrogen) atoms. The van der Waals surface area contributed by atoms with Crippen LogP contribution in [-0.2, 0) is 4.74 Å². The highest BCUT2D eigenvalue weighted by atomic mass is 16.6. The maximum atomic E-state index is 5.50. The van der Waals surface area contributed by atoms with Gasteiger partial charge >= 0.3 is 0 Å². The third kappa shape index (κ3) is 3.63. The first-order chi connectivity index (χ1) is 6.29. The molecule has 2 atom stereocenters. The zero-order valence-corrected chi connectivity index (χ0v) is 8.54. The molecule has 0 amide bonds. The largest absolute Gasteiger partial charge is 0.370 e. The molecule has 1 aliphatic heterocycles. The maximum Gasteiger partial charge on any atom is 0.0867 e. The predicted octanol–water partition coefficient (Wildman–Crippen LogP) is 0.868. The van der Waals surface area contributed by atoms with Gasteiger partial charge in [0.15, 0.2) is 0 Å². The van der Waals surface area contributed by atoms with E-state index in [9.17, 15) is 0 Å². The Kier molecular flexibility index (Phi) is 4.70. The first-order valence-electron chi connectivity index (χ1n) is 5.35. The smallest absolute Gasteiger partial charge is 0.0867 e. The van der Waals surface area contributed by atoms with Crippen LogP contribution >= 0.6 is 0 Å². The summed E-state index contributed by atoms with van der Waals surface area (Å²) < 4.78 is 5.49. The summed E-state index contributed by atoms with van der Waals surface area (Å²) in [6.07, 6.45) is 5.60. The number of nitrogens with two attached hydrogens (primary N) is 2. The van der Waals surface area contributed by atoms with Crippen LogP contribution in [0.5, 0.6) is 0 Å². The van der Waals surface area contributed by atoms with E-state index in [-0.39, 0.29) is 0 Å². The Bertz CT molecular complexity index is 133. The SMILES string of the molecule is CC1OC1C(CCCN)CCCN. The Hall–Kier alpha value is -0.120. The van der Waals surface area contributed by atoms with E-state index in [1.165, 1.54) is 12.8 Å². The van der Waals surface area contributed by atoms with Crippen molar-refractivity contribution < 1.29 is 4.74 Å². The van der Waals surface area contributed by atoms with Crippen LogP contribution in [0.4, 0.5) is 0 Å². The molecule has 1 aliphatic rings. The molecule has 0 saturated carbocycles. The fourth-order valence-corrected chi connectivity index (χ4v) is 1.93. The Balaban J connectivity index is 2.18. The van der Waals surface area contributed by atoms with Crippen LogP contribution in [-0.4, -0.2) is 25.3 Å². The summed E-state index contributed by atoms with van der Waals surface area (Å²) >= 11 is 0. The van der Waals surface area contributed by atoms with Crippen molar-refractivity contribution in [3.63, 3.8) is 0 Å². The van der Waals surface area contributed by atoms with Gasteiger partial charge < -0.3 is 16.2 Å². The fourth-order valence-electron chi connectivity index (χ4n) is 1.93. The van der Waals surface area contributed by atoms with Crippen LogP contribution < -0.4 is 11.5 Å². The molecule has 0 aromatic rings. The Morgan fingerprint density at radius 3 is 1.92 bits per heavy atom. The van der Waals surface area contributed by atoms with E-state index in [2.05, 4.69) is 6.92 Å². The van der Waals surface area contributed by atoms with Crippen LogP contribution in [0.2, 0.25) is 0 Å². The second kappa shape index (κ2) is 5.58. The molecule has 2 unspecified atom stereocenters. The zero-order valence-electron chi connectivity index (χ0n) is 8.54. The van der Waals surface area contributed by atoms with Crippen molar-refractivity contribution in [2.24, 2.45) is 17.4 Å². The molecule has 4 N–H and O–H groups in total. The summed E-state index contributed by atoms with van der Waals surface area (Å²) in [5, 5.41) is 0. The van der Waals surface area contributed by atoms with Crippen LogP contribution in [0.25, 0.3) is 0 Å². The van der Waals surface area contributed by atoms with Crippen molar-refractivity contribution in [1.82, 2.24) is 0 Å². The number of hydrogen-bond acceptors (Lipinski definition) is 3. The Morgan fingerprint density at radius 1 is 1.15 bits per heavy atom. The average Bonchev–Trinajstić information content (AvgIpc) is 2.83. The molecular formula is C10H22N2O. The minimum atomic E-state index is 0.473. The summed E-state index contributed by atoms with van der Waals surface area (Å²) in [6, 6.07) is 0. The third-order valence-electron chi connectivity index (χ3n) is 2.78. The molecule has 0 bridgehead atoms. The molecule has 0 radical (unpaired) electrons. The lowest BCUT2D eigenvalue weighted by Crippen LogP contribution is -2.14. The van der Waals surface area contributed by atoms with Crippen molar-refractivity contribution in [1.29, 1.82) is 0 Å². The second-order valence-electron chi connectivity index (χ2n) is 3.93. The third-order valence-corrected chi connectivity index (χ3v) is 2.78. The number of epoxide rings is 1. The van der Waals surface area contributed by atoms with Crippen molar-refractivity contribution in [2.75, 3.05) is 13.1 Å². The van der Waals surface area contributed by atoms with E-state index in [1.54, 1.807) is 0 Å². The van der Waals surface area contributed by atoms with Crippen molar-refractivity contribution in [3.8, 4) is 0 Å². The highest BCUT2D eigenvalue weighted by Gasteiger charge is 2.40. The number of hydrogen-bond donors (Lipinski definition) is 2. The first-order valence-corrected chi connectivity index (χ1v) is 5.35. The molecule has 1 fully saturated rings. The second-order valence-corrected chi connectivity index (χ2v) is 3.93. The Labute approximate surface area is 80.8 Å². The summed E-state index contributed by atoms with van der Waals surface area (Å²) in [4.78, 5) is 0. The Morgan fingerprint density at radius 2 is 1.62 bits per heavy atom. The van der Waals surface area contributed by atoms with E-state index in [0.717, 1.165) is 25.9 Å². The van der Waals surface area contributed by atoms with E-state index in [0.29, 0.717) is 18.1 Å². The van der Waals surface area contributed by atoms with Crippen molar-refractivity contribution >= 4 is 0 Å². The van der Waals surface area contributed by atoms with Gasteiger partial charge in [-0.25, -0.2) is 0 Å². The summed E-state index contributed by atoms with van der Waals surface area (Å²) in [6.45, 7) is 3.73. The summed E-state index contributed by atoms with van der Waals surface area (Å²) in [5.74, 6) is 0.696. The average molecular weight is 186 g/mol. The predicted molar refractivity (Wildman–Crippen MR) is 54.4 cm³/mol. The molecule has 78 valence electrons. The molecule has 1 heterocycles. The van der Waals surface area contributed by atoms with Gasteiger partial charge in [0.1, 0.15) is 0 Å². The molecule has 0 aliphatic carbocycles. The van der Waals surface area contributed by atoms with Gasteiger partial charge in [-0.1, -0.05) is 0 Å². The maximum absolute atomic E-state index is 5.50. The van der Waals surface area contributed by atoms with Gasteiger partial charge in [-0.15, -0.1) is 0 Å². The van der Waals surface area contributed by atoms with Crippen molar-refractivity contribution in [3.05, 3.63) is 0 Å². The molecule has 1 saturated heterocycles. The van der Waals surface area contributed by atoms with Gasteiger partial charge in [-0.05, 0) is 51.6 Å². The highest BCUT2D eigenvalue weighted by Crippen LogP contribution is 2.34. The van der Waals surface area contributed by atoms with Gasteiger partial charge in [0.2, 0.25) is 0 Å². The van der Waals surface area contributed by atoms with Crippen molar-refractivity contribution in [2.45, 2.75) is 44.8 Å². The van der Waals surface area contributed by atoms with Gasteiger partial charge in [-0.2, -0.15) is 0 Å². The van der Waals surface area contributed by atoms with Gasteiger partial charge in [0.25, 0.3) is 0 Å². The van der Waals surface area contributed by atoms with Gasteiger partial charge in [-0.3, -0.25) is 0 Å².